The molecule has 0 saturated carbocycles. The van der Waals surface area contributed by atoms with Gasteiger partial charge in [-0.15, -0.1) is 0 Å². The first-order valence-electron chi connectivity index (χ1n) is 5.82. The van der Waals surface area contributed by atoms with Crippen LogP contribution < -0.4 is 5.73 Å². The highest BCUT2D eigenvalue weighted by Gasteiger charge is 2.11. The third-order valence-corrected chi connectivity index (χ3v) is 3.66. The monoisotopic (exact) mass is 231 g/mol. The Bertz CT molecular complexity index is 481. The van der Waals surface area contributed by atoms with Crippen molar-refractivity contribution in [3.63, 3.8) is 0 Å². The van der Waals surface area contributed by atoms with Crippen molar-refractivity contribution in [2.45, 2.75) is 41.5 Å². The number of allylic oxidation sites excluding steroid dienone is 1. The Morgan fingerprint density at radius 2 is 1.47 bits per heavy atom. The number of nitrogen functional groups attached to an aromatic ring is 1. The van der Waals surface area contributed by atoms with Gasteiger partial charge in [0.2, 0.25) is 0 Å². The summed E-state index contributed by atoms with van der Waals surface area (Å²) in [6, 6.07) is 0. The fraction of sp³-hybridized carbons (Fsp3) is 0.400. The van der Waals surface area contributed by atoms with Gasteiger partial charge in [-0.3, -0.25) is 4.79 Å². The first kappa shape index (κ1) is 13.5. The van der Waals surface area contributed by atoms with Crippen molar-refractivity contribution < 1.29 is 4.79 Å². The van der Waals surface area contributed by atoms with Crippen LogP contribution in [0.1, 0.15) is 41.7 Å². The number of anilines is 1. The molecule has 0 saturated heterocycles. The summed E-state index contributed by atoms with van der Waals surface area (Å²) >= 11 is 0. The minimum absolute atomic E-state index is 0.0978. The van der Waals surface area contributed by atoms with E-state index < -0.39 is 0 Å². The lowest BCUT2D eigenvalue weighted by Crippen LogP contribution is -2.03. The molecular formula is C15H21NO. The van der Waals surface area contributed by atoms with E-state index in [9.17, 15) is 4.79 Å². The van der Waals surface area contributed by atoms with Gasteiger partial charge in [0, 0.05) is 5.69 Å². The van der Waals surface area contributed by atoms with Crippen molar-refractivity contribution >= 4 is 17.5 Å². The highest BCUT2D eigenvalue weighted by atomic mass is 16.1. The molecule has 0 fully saturated rings. The van der Waals surface area contributed by atoms with Crippen LogP contribution >= 0.6 is 0 Å². The molecule has 1 rings (SSSR count). The molecule has 2 heteroatoms. The number of benzene rings is 1. The smallest absolute Gasteiger partial charge is 0.155 e. The van der Waals surface area contributed by atoms with E-state index in [1.54, 1.807) is 6.92 Å². The zero-order valence-corrected chi connectivity index (χ0v) is 11.6. The number of carbonyl (C=O) groups is 1. The SMILES string of the molecule is CC(=O)/C(C)=C/c1c(C)c(C)c(C)c(N)c1C. The zero-order chi connectivity index (χ0) is 13.3. The molecule has 0 aliphatic carbocycles. The second-order valence-corrected chi connectivity index (χ2v) is 4.71. The molecular weight excluding hydrogens is 210 g/mol. The summed E-state index contributed by atoms with van der Waals surface area (Å²) in [5.41, 5.74) is 13.4. The summed E-state index contributed by atoms with van der Waals surface area (Å²) in [7, 11) is 0. The van der Waals surface area contributed by atoms with E-state index in [0.717, 1.165) is 28.0 Å². The lowest BCUT2D eigenvalue weighted by Gasteiger charge is -2.16. The largest absolute Gasteiger partial charge is 0.398 e. The number of ketones is 1. The van der Waals surface area contributed by atoms with Gasteiger partial charge in [0.25, 0.3) is 0 Å². The van der Waals surface area contributed by atoms with Crippen LogP contribution in [0.3, 0.4) is 0 Å². The Balaban J connectivity index is 3.56. The lowest BCUT2D eigenvalue weighted by molar-refractivity contribution is -0.113. The molecule has 2 N–H and O–H groups in total. The molecule has 92 valence electrons. The number of hydrogen-bond acceptors (Lipinski definition) is 2. The van der Waals surface area contributed by atoms with Gasteiger partial charge in [0.15, 0.2) is 5.78 Å². The molecule has 1 aromatic rings. The predicted octanol–water partition coefficient (Wildman–Crippen LogP) is 3.49. The molecule has 0 unspecified atom stereocenters. The average Bonchev–Trinajstić information content (AvgIpc) is 2.29. The van der Waals surface area contributed by atoms with Crippen LogP contribution in [-0.4, -0.2) is 5.78 Å². The van der Waals surface area contributed by atoms with Crippen molar-refractivity contribution in [2.75, 3.05) is 5.73 Å². The summed E-state index contributed by atoms with van der Waals surface area (Å²) in [5, 5.41) is 0. The predicted molar refractivity (Wildman–Crippen MR) is 74.1 cm³/mol. The first-order chi connectivity index (χ1) is 7.77. The van der Waals surface area contributed by atoms with Crippen LogP contribution in [0.2, 0.25) is 0 Å². The van der Waals surface area contributed by atoms with Crippen LogP contribution in [0.5, 0.6) is 0 Å². The topological polar surface area (TPSA) is 43.1 Å². The molecule has 17 heavy (non-hydrogen) atoms. The molecule has 0 heterocycles. The van der Waals surface area contributed by atoms with Crippen LogP contribution in [0, 0.1) is 27.7 Å². The molecule has 0 spiro atoms. The molecule has 1 aromatic carbocycles. The minimum Gasteiger partial charge on any atom is -0.398 e. The fourth-order valence-corrected chi connectivity index (χ4v) is 1.93. The zero-order valence-electron chi connectivity index (χ0n) is 11.6. The summed E-state index contributed by atoms with van der Waals surface area (Å²) in [6.07, 6.45) is 1.94. The molecule has 0 amide bonds. The standard InChI is InChI=1S/C15H21NO/c1-8(13(6)17)7-14-10(3)9(2)11(4)15(16)12(14)5/h7H,16H2,1-6H3/b8-7+. The Morgan fingerprint density at radius 1 is 0.941 bits per heavy atom. The first-order valence-corrected chi connectivity index (χ1v) is 5.82. The number of carbonyl (C=O) groups excluding carboxylic acids is 1. The minimum atomic E-state index is 0.0978. The van der Waals surface area contributed by atoms with Gasteiger partial charge in [-0.05, 0) is 81.0 Å². The normalized spacial score (nSPS) is 11.8. The van der Waals surface area contributed by atoms with Gasteiger partial charge in [-0.1, -0.05) is 0 Å². The van der Waals surface area contributed by atoms with Crippen molar-refractivity contribution in [1.82, 2.24) is 0 Å². The van der Waals surface area contributed by atoms with E-state index in [-0.39, 0.29) is 5.78 Å². The molecule has 0 aromatic heterocycles. The summed E-state index contributed by atoms with van der Waals surface area (Å²) in [5.74, 6) is 0.0978. The highest BCUT2D eigenvalue weighted by Crippen LogP contribution is 2.29. The Morgan fingerprint density at radius 3 is 1.94 bits per heavy atom. The average molecular weight is 231 g/mol. The van der Waals surface area contributed by atoms with E-state index in [0.29, 0.717) is 0 Å². The van der Waals surface area contributed by atoms with Crippen LogP contribution in [0.4, 0.5) is 5.69 Å². The molecule has 0 radical (unpaired) electrons. The third-order valence-electron chi connectivity index (χ3n) is 3.66. The van der Waals surface area contributed by atoms with Crippen molar-refractivity contribution in [3.8, 4) is 0 Å². The van der Waals surface area contributed by atoms with Crippen LogP contribution in [-0.2, 0) is 4.79 Å². The van der Waals surface area contributed by atoms with E-state index in [2.05, 4.69) is 13.8 Å². The second-order valence-electron chi connectivity index (χ2n) is 4.71. The van der Waals surface area contributed by atoms with Crippen molar-refractivity contribution in [3.05, 3.63) is 33.4 Å². The van der Waals surface area contributed by atoms with E-state index in [1.165, 1.54) is 11.1 Å². The summed E-state index contributed by atoms with van der Waals surface area (Å²) in [6.45, 7) is 11.6. The number of nitrogens with two attached hydrogens (primary N) is 1. The van der Waals surface area contributed by atoms with Crippen LogP contribution in [0.25, 0.3) is 6.08 Å². The molecule has 0 atom stereocenters. The number of hydrogen-bond donors (Lipinski definition) is 1. The van der Waals surface area contributed by atoms with E-state index in [1.807, 2.05) is 26.8 Å². The Labute approximate surface area is 104 Å². The maximum Gasteiger partial charge on any atom is 0.155 e. The molecule has 0 aliphatic rings. The van der Waals surface area contributed by atoms with Gasteiger partial charge >= 0.3 is 0 Å². The van der Waals surface area contributed by atoms with Gasteiger partial charge in [-0.25, -0.2) is 0 Å². The molecule has 0 bridgehead atoms. The van der Waals surface area contributed by atoms with Crippen molar-refractivity contribution in [1.29, 1.82) is 0 Å². The van der Waals surface area contributed by atoms with E-state index in [4.69, 9.17) is 5.73 Å². The highest BCUT2D eigenvalue weighted by molar-refractivity contribution is 5.97. The van der Waals surface area contributed by atoms with E-state index >= 15 is 0 Å². The Kier molecular flexibility index (Phi) is 3.76. The molecule has 2 nitrogen and oxygen atoms in total. The maximum atomic E-state index is 11.3. The van der Waals surface area contributed by atoms with Gasteiger partial charge in [0.1, 0.15) is 0 Å². The van der Waals surface area contributed by atoms with Gasteiger partial charge in [0.05, 0.1) is 0 Å². The lowest BCUT2D eigenvalue weighted by atomic mass is 9.91. The fourth-order valence-electron chi connectivity index (χ4n) is 1.93. The maximum absolute atomic E-state index is 11.3. The Hall–Kier alpha value is -1.57. The molecule has 0 aliphatic heterocycles. The number of Topliss-reactive ketones (excluding diaryl/α,β-unsaturated/α-hetero) is 1. The quantitative estimate of drug-likeness (QED) is 0.625. The van der Waals surface area contributed by atoms with Crippen LogP contribution in [0.15, 0.2) is 5.57 Å². The van der Waals surface area contributed by atoms with Crippen molar-refractivity contribution in [2.24, 2.45) is 0 Å². The summed E-state index contributed by atoms with van der Waals surface area (Å²) < 4.78 is 0. The summed E-state index contributed by atoms with van der Waals surface area (Å²) in [4.78, 5) is 11.3. The van der Waals surface area contributed by atoms with Gasteiger partial charge < -0.3 is 5.73 Å². The number of rotatable bonds is 2. The second kappa shape index (κ2) is 4.74. The third kappa shape index (κ3) is 2.41. The van der Waals surface area contributed by atoms with Gasteiger partial charge in [-0.2, -0.15) is 0 Å².